The van der Waals surface area contributed by atoms with Gasteiger partial charge >= 0.3 is 0 Å². The van der Waals surface area contributed by atoms with Crippen molar-refractivity contribution in [1.82, 2.24) is 10.6 Å². The minimum Gasteiger partial charge on any atom is -0.380 e. The maximum Gasteiger partial charge on any atom is 0.191 e. The van der Waals surface area contributed by atoms with Crippen LogP contribution in [0.1, 0.15) is 47.5 Å². The Bertz CT molecular complexity index is 223. The molecular weight excluding hydrogens is 353 g/mol. The highest BCUT2D eigenvalue weighted by molar-refractivity contribution is 14.0. The first-order valence-electron chi connectivity index (χ1n) is 7.22. The zero-order chi connectivity index (χ0) is 13.8. The minimum atomic E-state index is 0. The highest BCUT2D eigenvalue weighted by Gasteiger charge is 2.05. The first kappa shape index (κ1) is 21.3. The number of nitrogens with zero attached hydrogens (tertiary/aromatic N) is 1. The molecule has 0 aromatic heterocycles. The molecule has 0 aliphatic rings. The van der Waals surface area contributed by atoms with Crippen LogP contribution >= 0.6 is 24.0 Å². The molecule has 0 aromatic rings. The highest BCUT2D eigenvalue weighted by atomic mass is 127. The van der Waals surface area contributed by atoms with Crippen LogP contribution in [-0.4, -0.2) is 38.3 Å². The Hall–Kier alpha value is -0.0400. The standard InChI is InChI=1S/C14H31N3O.HI/c1-6-15-14(16-10-11-18-7-2)17-13(5)9-8-12(3)4;/h12-13H,6-11H2,1-5H3,(H2,15,16,17);1H. The van der Waals surface area contributed by atoms with Gasteiger partial charge in [0.25, 0.3) is 0 Å². The van der Waals surface area contributed by atoms with E-state index in [0.29, 0.717) is 19.2 Å². The third kappa shape index (κ3) is 14.2. The summed E-state index contributed by atoms with van der Waals surface area (Å²) < 4.78 is 5.28. The van der Waals surface area contributed by atoms with E-state index in [9.17, 15) is 0 Å². The molecule has 0 amide bonds. The lowest BCUT2D eigenvalue weighted by Gasteiger charge is -2.18. The van der Waals surface area contributed by atoms with Crippen LogP contribution in [0.25, 0.3) is 0 Å². The fourth-order valence-corrected chi connectivity index (χ4v) is 1.58. The summed E-state index contributed by atoms with van der Waals surface area (Å²) in [5, 5.41) is 6.69. The second-order valence-electron chi connectivity index (χ2n) is 4.97. The Morgan fingerprint density at radius 1 is 1.16 bits per heavy atom. The van der Waals surface area contributed by atoms with Crippen LogP contribution in [0.15, 0.2) is 4.99 Å². The Labute approximate surface area is 136 Å². The van der Waals surface area contributed by atoms with Gasteiger partial charge < -0.3 is 15.4 Å². The zero-order valence-electron chi connectivity index (χ0n) is 13.2. The second-order valence-corrected chi connectivity index (χ2v) is 4.97. The summed E-state index contributed by atoms with van der Waals surface area (Å²) >= 11 is 0. The molecule has 0 heterocycles. The van der Waals surface area contributed by atoms with Crippen molar-refractivity contribution in [3.8, 4) is 0 Å². The van der Waals surface area contributed by atoms with Gasteiger partial charge in [-0.2, -0.15) is 0 Å². The number of nitrogens with one attached hydrogen (secondary N) is 2. The number of halogens is 1. The Morgan fingerprint density at radius 2 is 1.84 bits per heavy atom. The lowest BCUT2D eigenvalue weighted by Crippen LogP contribution is -2.42. The Balaban J connectivity index is 0. The molecule has 0 aliphatic carbocycles. The van der Waals surface area contributed by atoms with Gasteiger partial charge in [0.2, 0.25) is 0 Å². The number of aliphatic imine (C=N–C) groups is 1. The van der Waals surface area contributed by atoms with Crippen molar-refractivity contribution < 1.29 is 4.74 Å². The van der Waals surface area contributed by atoms with E-state index in [-0.39, 0.29) is 24.0 Å². The smallest absolute Gasteiger partial charge is 0.191 e. The molecular formula is C14H32IN3O. The molecule has 2 N–H and O–H groups in total. The van der Waals surface area contributed by atoms with Crippen LogP contribution in [0, 0.1) is 5.92 Å². The van der Waals surface area contributed by atoms with E-state index in [4.69, 9.17) is 4.74 Å². The number of hydrogen-bond acceptors (Lipinski definition) is 2. The van der Waals surface area contributed by atoms with E-state index in [0.717, 1.165) is 25.0 Å². The predicted octanol–water partition coefficient (Wildman–Crippen LogP) is 3.02. The molecule has 0 saturated carbocycles. The van der Waals surface area contributed by atoms with Gasteiger partial charge in [-0.15, -0.1) is 24.0 Å². The van der Waals surface area contributed by atoms with Gasteiger partial charge in [-0.1, -0.05) is 13.8 Å². The van der Waals surface area contributed by atoms with E-state index in [1.807, 2.05) is 6.92 Å². The average Bonchev–Trinajstić information content (AvgIpc) is 2.32. The number of ether oxygens (including phenoxy) is 1. The van der Waals surface area contributed by atoms with E-state index >= 15 is 0 Å². The maximum atomic E-state index is 5.28. The summed E-state index contributed by atoms with van der Waals surface area (Å²) in [6.45, 7) is 13.8. The molecule has 0 spiro atoms. The van der Waals surface area contributed by atoms with Crippen LogP contribution in [-0.2, 0) is 4.74 Å². The van der Waals surface area contributed by atoms with E-state index < -0.39 is 0 Å². The fraction of sp³-hybridized carbons (Fsp3) is 0.929. The fourth-order valence-electron chi connectivity index (χ4n) is 1.58. The summed E-state index contributed by atoms with van der Waals surface area (Å²) in [5.74, 6) is 1.65. The zero-order valence-corrected chi connectivity index (χ0v) is 15.5. The van der Waals surface area contributed by atoms with E-state index in [2.05, 4.69) is 43.3 Å². The molecule has 19 heavy (non-hydrogen) atoms. The van der Waals surface area contributed by atoms with Crippen molar-refractivity contribution >= 4 is 29.9 Å². The molecule has 5 heteroatoms. The summed E-state index contributed by atoms with van der Waals surface area (Å²) in [7, 11) is 0. The third-order valence-corrected chi connectivity index (χ3v) is 2.61. The largest absolute Gasteiger partial charge is 0.380 e. The van der Waals surface area contributed by atoms with Gasteiger partial charge in [-0.05, 0) is 39.5 Å². The van der Waals surface area contributed by atoms with Gasteiger partial charge in [0.05, 0.1) is 13.2 Å². The second kappa shape index (κ2) is 14.4. The lowest BCUT2D eigenvalue weighted by molar-refractivity contribution is 0.155. The van der Waals surface area contributed by atoms with Crippen LogP contribution in [0.5, 0.6) is 0 Å². The van der Waals surface area contributed by atoms with Crippen molar-refractivity contribution in [1.29, 1.82) is 0 Å². The first-order chi connectivity index (χ1) is 8.60. The van der Waals surface area contributed by atoms with Gasteiger partial charge in [0.1, 0.15) is 0 Å². The van der Waals surface area contributed by atoms with Crippen LogP contribution in [0.4, 0.5) is 0 Å². The molecule has 116 valence electrons. The van der Waals surface area contributed by atoms with Crippen LogP contribution in [0.2, 0.25) is 0 Å². The molecule has 1 unspecified atom stereocenters. The summed E-state index contributed by atoms with van der Waals surface area (Å²) in [6.07, 6.45) is 2.42. The van der Waals surface area contributed by atoms with Gasteiger partial charge in [-0.25, -0.2) is 0 Å². The van der Waals surface area contributed by atoms with Crippen molar-refractivity contribution in [3.63, 3.8) is 0 Å². The summed E-state index contributed by atoms with van der Waals surface area (Å²) in [4.78, 5) is 4.49. The van der Waals surface area contributed by atoms with E-state index in [1.165, 1.54) is 12.8 Å². The van der Waals surface area contributed by atoms with Gasteiger partial charge in [0.15, 0.2) is 5.96 Å². The first-order valence-corrected chi connectivity index (χ1v) is 7.22. The molecule has 0 saturated heterocycles. The number of guanidine groups is 1. The maximum absolute atomic E-state index is 5.28. The Kier molecular flexibility index (Phi) is 16.1. The predicted molar refractivity (Wildman–Crippen MR) is 94.6 cm³/mol. The molecule has 0 aliphatic heterocycles. The van der Waals surface area contributed by atoms with Crippen molar-refractivity contribution in [3.05, 3.63) is 0 Å². The molecule has 0 aromatic carbocycles. The summed E-state index contributed by atoms with van der Waals surface area (Å²) in [6, 6.07) is 0.456. The normalized spacial score (nSPS) is 13.1. The van der Waals surface area contributed by atoms with Gasteiger partial charge in [0, 0.05) is 19.2 Å². The SMILES string of the molecule is CCNC(=NCCOCC)NC(C)CCC(C)C.I. The molecule has 0 radical (unpaired) electrons. The minimum absolute atomic E-state index is 0. The number of hydrogen-bond donors (Lipinski definition) is 2. The van der Waals surface area contributed by atoms with Crippen LogP contribution < -0.4 is 10.6 Å². The lowest BCUT2D eigenvalue weighted by atomic mass is 10.0. The molecule has 0 fully saturated rings. The van der Waals surface area contributed by atoms with Crippen LogP contribution in [0.3, 0.4) is 0 Å². The topological polar surface area (TPSA) is 45.7 Å². The molecule has 0 rings (SSSR count). The monoisotopic (exact) mass is 385 g/mol. The number of rotatable bonds is 9. The quantitative estimate of drug-likeness (QED) is 0.278. The third-order valence-electron chi connectivity index (χ3n) is 2.61. The summed E-state index contributed by atoms with van der Waals surface area (Å²) in [5.41, 5.74) is 0. The van der Waals surface area contributed by atoms with Gasteiger partial charge in [-0.3, -0.25) is 4.99 Å². The van der Waals surface area contributed by atoms with Crippen molar-refractivity contribution in [2.45, 2.75) is 53.5 Å². The molecule has 4 nitrogen and oxygen atoms in total. The molecule has 1 atom stereocenters. The van der Waals surface area contributed by atoms with E-state index in [1.54, 1.807) is 0 Å². The highest BCUT2D eigenvalue weighted by Crippen LogP contribution is 2.06. The average molecular weight is 385 g/mol. The Morgan fingerprint density at radius 3 is 2.37 bits per heavy atom. The van der Waals surface area contributed by atoms with Crippen molar-refractivity contribution in [2.24, 2.45) is 10.9 Å². The van der Waals surface area contributed by atoms with Crippen molar-refractivity contribution in [2.75, 3.05) is 26.3 Å². The molecule has 0 bridgehead atoms.